The van der Waals surface area contributed by atoms with Crippen molar-refractivity contribution in [2.24, 2.45) is 0 Å². The molecule has 6 heteroatoms. The first-order chi connectivity index (χ1) is 8.15. The molecule has 0 radical (unpaired) electrons. The van der Waals surface area contributed by atoms with Gasteiger partial charge in [-0.25, -0.2) is 4.98 Å². The average Bonchev–Trinajstić information content (AvgIpc) is 2.30. The van der Waals surface area contributed by atoms with Gasteiger partial charge in [0.15, 0.2) is 0 Å². The summed E-state index contributed by atoms with van der Waals surface area (Å²) in [7, 11) is 0. The summed E-state index contributed by atoms with van der Waals surface area (Å²) >= 11 is 0. The van der Waals surface area contributed by atoms with Crippen LogP contribution in [0.2, 0.25) is 0 Å². The van der Waals surface area contributed by atoms with E-state index in [1.165, 1.54) is 12.3 Å². The third kappa shape index (κ3) is 4.36. The van der Waals surface area contributed by atoms with Crippen LogP contribution in [0.1, 0.15) is 24.8 Å². The standard InChI is InChI=1S/C11H17N3O3/c1-9-8-13-11(7-10(9)14(16)17)12-5-3-2-4-6-15/h7-8,15H,2-6H2,1H3,(H,12,13). The van der Waals surface area contributed by atoms with Crippen molar-refractivity contribution in [2.45, 2.75) is 26.2 Å². The van der Waals surface area contributed by atoms with E-state index in [9.17, 15) is 10.1 Å². The molecule has 0 bridgehead atoms. The van der Waals surface area contributed by atoms with Gasteiger partial charge in [0.05, 0.1) is 11.0 Å². The van der Waals surface area contributed by atoms with Gasteiger partial charge in [-0.15, -0.1) is 0 Å². The minimum atomic E-state index is -0.409. The van der Waals surface area contributed by atoms with Crippen LogP contribution in [-0.2, 0) is 0 Å². The highest BCUT2D eigenvalue weighted by molar-refractivity contribution is 5.48. The Hall–Kier alpha value is -1.69. The topological polar surface area (TPSA) is 88.3 Å². The normalized spacial score (nSPS) is 10.2. The van der Waals surface area contributed by atoms with E-state index in [-0.39, 0.29) is 12.3 Å². The largest absolute Gasteiger partial charge is 0.396 e. The molecule has 1 heterocycles. The van der Waals surface area contributed by atoms with Crippen molar-refractivity contribution < 1.29 is 10.0 Å². The Balaban J connectivity index is 2.49. The van der Waals surface area contributed by atoms with E-state index >= 15 is 0 Å². The molecular formula is C11H17N3O3. The number of aryl methyl sites for hydroxylation is 1. The second-order valence-corrected chi connectivity index (χ2v) is 3.82. The Labute approximate surface area is 99.8 Å². The van der Waals surface area contributed by atoms with E-state index in [0.29, 0.717) is 17.9 Å². The second kappa shape index (κ2) is 6.80. The average molecular weight is 239 g/mol. The predicted octanol–water partition coefficient (Wildman–Crippen LogP) is 1.87. The van der Waals surface area contributed by atoms with Crippen molar-refractivity contribution in [1.29, 1.82) is 0 Å². The molecule has 0 saturated carbocycles. The molecule has 0 unspecified atom stereocenters. The molecule has 0 aliphatic carbocycles. The van der Waals surface area contributed by atoms with Crippen molar-refractivity contribution in [2.75, 3.05) is 18.5 Å². The van der Waals surface area contributed by atoms with Crippen molar-refractivity contribution in [3.8, 4) is 0 Å². The van der Waals surface area contributed by atoms with Gasteiger partial charge in [-0.3, -0.25) is 10.1 Å². The molecule has 1 aromatic heterocycles. The zero-order valence-electron chi connectivity index (χ0n) is 9.85. The van der Waals surface area contributed by atoms with Gasteiger partial charge in [0.1, 0.15) is 5.82 Å². The van der Waals surface area contributed by atoms with Crippen LogP contribution < -0.4 is 5.32 Å². The summed E-state index contributed by atoms with van der Waals surface area (Å²) in [6.45, 7) is 2.57. The molecule has 2 N–H and O–H groups in total. The van der Waals surface area contributed by atoms with Crippen LogP contribution in [-0.4, -0.2) is 28.2 Å². The van der Waals surface area contributed by atoms with E-state index in [4.69, 9.17) is 5.11 Å². The number of hydrogen-bond donors (Lipinski definition) is 2. The SMILES string of the molecule is Cc1cnc(NCCCCCO)cc1[N+](=O)[O-]. The van der Waals surface area contributed by atoms with Gasteiger partial charge in [-0.1, -0.05) is 0 Å². The van der Waals surface area contributed by atoms with E-state index < -0.39 is 4.92 Å². The molecule has 0 amide bonds. The van der Waals surface area contributed by atoms with Crippen molar-refractivity contribution >= 4 is 11.5 Å². The number of aliphatic hydroxyl groups excluding tert-OH is 1. The first-order valence-electron chi connectivity index (χ1n) is 5.61. The molecule has 0 atom stereocenters. The number of anilines is 1. The maximum Gasteiger partial charge on any atom is 0.277 e. The van der Waals surface area contributed by atoms with Crippen LogP contribution in [0.4, 0.5) is 11.5 Å². The van der Waals surface area contributed by atoms with Crippen molar-refractivity contribution in [3.05, 3.63) is 27.9 Å². The lowest BCUT2D eigenvalue weighted by molar-refractivity contribution is -0.385. The van der Waals surface area contributed by atoms with Crippen LogP contribution in [0.5, 0.6) is 0 Å². The number of pyridine rings is 1. The summed E-state index contributed by atoms with van der Waals surface area (Å²) in [4.78, 5) is 14.4. The van der Waals surface area contributed by atoms with E-state index in [1.54, 1.807) is 6.92 Å². The van der Waals surface area contributed by atoms with Crippen LogP contribution in [0.25, 0.3) is 0 Å². The third-order valence-electron chi connectivity index (χ3n) is 2.41. The zero-order chi connectivity index (χ0) is 12.7. The van der Waals surface area contributed by atoms with Gasteiger partial charge in [-0.05, 0) is 26.2 Å². The van der Waals surface area contributed by atoms with Gasteiger partial charge in [-0.2, -0.15) is 0 Å². The molecule has 0 aliphatic heterocycles. The lowest BCUT2D eigenvalue weighted by atomic mass is 10.2. The number of nitrogens with one attached hydrogen (secondary N) is 1. The Morgan fingerprint density at radius 3 is 2.88 bits per heavy atom. The number of nitrogens with zero attached hydrogens (tertiary/aromatic N) is 2. The minimum absolute atomic E-state index is 0.0814. The first-order valence-corrected chi connectivity index (χ1v) is 5.61. The Kier molecular flexibility index (Phi) is 5.35. The van der Waals surface area contributed by atoms with Gasteiger partial charge in [0.2, 0.25) is 0 Å². The highest BCUT2D eigenvalue weighted by Gasteiger charge is 2.11. The predicted molar refractivity (Wildman–Crippen MR) is 65.1 cm³/mol. The van der Waals surface area contributed by atoms with Crippen molar-refractivity contribution in [1.82, 2.24) is 4.98 Å². The number of unbranched alkanes of at least 4 members (excludes halogenated alkanes) is 2. The fourth-order valence-corrected chi connectivity index (χ4v) is 1.44. The molecule has 0 aromatic carbocycles. The molecule has 0 spiro atoms. The van der Waals surface area contributed by atoms with E-state index in [2.05, 4.69) is 10.3 Å². The minimum Gasteiger partial charge on any atom is -0.396 e. The summed E-state index contributed by atoms with van der Waals surface area (Å²) in [5.41, 5.74) is 0.638. The quantitative estimate of drug-likeness (QED) is 0.431. The number of nitro groups is 1. The molecule has 17 heavy (non-hydrogen) atoms. The Morgan fingerprint density at radius 2 is 2.24 bits per heavy atom. The van der Waals surface area contributed by atoms with E-state index in [1.807, 2.05) is 0 Å². The third-order valence-corrected chi connectivity index (χ3v) is 2.41. The van der Waals surface area contributed by atoms with Gasteiger partial charge in [0, 0.05) is 24.9 Å². The lowest BCUT2D eigenvalue weighted by Gasteiger charge is -2.05. The number of aliphatic hydroxyl groups is 1. The van der Waals surface area contributed by atoms with Crippen LogP contribution >= 0.6 is 0 Å². The molecule has 1 rings (SSSR count). The van der Waals surface area contributed by atoms with E-state index in [0.717, 1.165) is 19.3 Å². The molecule has 0 aliphatic rings. The maximum atomic E-state index is 10.7. The van der Waals surface area contributed by atoms with Crippen LogP contribution in [0.15, 0.2) is 12.3 Å². The number of rotatable bonds is 7. The van der Waals surface area contributed by atoms with Crippen LogP contribution in [0, 0.1) is 17.0 Å². The van der Waals surface area contributed by atoms with Gasteiger partial charge < -0.3 is 10.4 Å². The molecule has 6 nitrogen and oxygen atoms in total. The molecular weight excluding hydrogens is 222 g/mol. The Morgan fingerprint density at radius 1 is 1.47 bits per heavy atom. The summed E-state index contributed by atoms with van der Waals surface area (Å²) < 4.78 is 0. The summed E-state index contributed by atoms with van der Waals surface area (Å²) in [6, 6.07) is 1.45. The van der Waals surface area contributed by atoms with Gasteiger partial charge >= 0.3 is 0 Å². The Bertz CT molecular complexity index is 382. The fraction of sp³-hybridized carbons (Fsp3) is 0.545. The molecule has 1 aromatic rings. The monoisotopic (exact) mass is 239 g/mol. The molecule has 0 saturated heterocycles. The lowest BCUT2D eigenvalue weighted by Crippen LogP contribution is -2.04. The zero-order valence-corrected chi connectivity index (χ0v) is 9.85. The maximum absolute atomic E-state index is 10.7. The molecule has 94 valence electrons. The first kappa shape index (κ1) is 13.4. The number of hydrogen-bond acceptors (Lipinski definition) is 5. The number of aromatic nitrogens is 1. The molecule has 0 fully saturated rings. The summed E-state index contributed by atoms with van der Waals surface area (Å²) in [5.74, 6) is 0.520. The van der Waals surface area contributed by atoms with Crippen molar-refractivity contribution in [3.63, 3.8) is 0 Å². The smallest absolute Gasteiger partial charge is 0.277 e. The highest BCUT2D eigenvalue weighted by atomic mass is 16.6. The second-order valence-electron chi connectivity index (χ2n) is 3.82. The summed E-state index contributed by atoms with van der Waals surface area (Å²) in [5, 5.41) is 22.3. The van der Waals surface area contributed by atoms with Crippen LogP contribution in [0.3, 0.4) is 0 Å². The summed E-state index contributed by atoms with van der Waals surface area (Å²) in [6.07, 6.45) is 4.11. The fourth-order valence-electron chi connectivity index (χ4n) is 1.44. The van der Waals surface area contributed by atoms with Gasteiger partial charge in [0.25, 0.3) is 5.69 Å². The highest BCUT2D eigenvalue weighted by Crippen LogP contribution is 2.19.